The summed E-state index contributed by atoms with van der Waals surface area (Å²) in [5, 5.41) is 3.71. The third kappa shape index (κ3) is 3.01. The van der Waals surface area contributed by atoms with Crippen LogP contribution in [0.3, 0.4) is 0 Å². The van der Waals surface area contributed by atoms with Crippen LogP contribution in [0.15, 0.2) is 53.7 Å². The molecule has 1 aliphatic rings. The highest BCUT2D eigenvalue weighted by Crippen LogP contribution is 2.20. The van der Waals surface area contributed by atoms with E-state index < -0.39 is 0 Å². The molecule has 1 amide bonds. The van der Waals surface area contributed by atoms with Crippen molar-refractivity contribution >= 4 is 12.1 Å². The fraction of sp³-hybridized carbons (Fsp3) is 0.222. The molecule has 0 spiro atoms. The van der Waals surface area contributed by atoms with Crippen LogP contribution in [-0.2, 0) is 17.8 Å². The van der Waals surface area contributed by atoms with E-state index in [1.165, 1.54) is 18.2 Å². The Hall–Kier alpha value is -2.62. The van der Waals surface area contributed by atoms with E-state index in [1.54, 1.807) is 6.21 Å². The summed E-state index contributed by atoms with van der Waals surface area (Å²) in [4.78, 5) is 19.2. The number of benzene rings is 2. The first-order valence-electron chi connectivity index (χ1n) is 7.30. The SMILES string of the molecule is CO/N=C/c1ccc(C(=O)N2CCc3ccccc3C2)cc1. The zero-order valence-corrected chi connectivity index (χ0v) is 12.5. The van der Waals surface area contributed by atoms with Gasteiger partial charge in [-0.2, -0.15) is 0 Å². The highest BCUT2D eigenvalue weighted by Gasteiger charge is 2.21. The van der Waals surface area contributed by atoms with E-state index in [-0.39, 0.29) is 5.91 Å². The second-order valence-electron chi connectivity index (χ2n) is 5.28. The number of nitrogens with zero attached hydrogens (tertiary/aromatic N) is 2. The maximum Gasteiger partial charge on any atom is 0.254 e. The van der Waals surface area contributed by atoms with Crippen LogP contribution < -0.4 is 0 Å². The van der Waals surface area contributed by atoms with E-state index in [4.69, 9.17) is 0 Å². The second kappa shape index (κ2) is 6.43. The number of fused-ring (bicyclic) bond motifs is 1. The molecule has 0 saturated heterocycles. The first-order chi connectivity index (χ1) is 10.8. The van der Waals surface area contributed by atoms with Gasteiger partial charge in [-0.05, 0) is 35.2 Å². The standard InChI is InChI=1S/C18H18N2O2/c1-22-19-12-14-6-8-16(9-7-14)18(21)20-11-10-15-4-2-3-5-17(15)13-20/h2-9,12H,10-11,13H2,1H3/b19-12+. The molecule has 0 bridgehead atoms. The van der Waals surface area contributed by atoms with Crippen LogP contribution in [-0.4, -0.2) is 30.7 Å². The smallest absolute Gasteiger partial charge is 0.254 e. The van der Waals surface area contributed by atoms with Gasteiger partial charge in [-0.25, -0.2) is 0 Å². The minimum absolute atomic E-state index is 0.0738. The quantitative estimate of drug-likeness (QED) is 0.645. The lowest BCUT2D eigenvalue weighted by atomic mass is 9.99. The first kappa shape index (κ1) is 14.3. The summed E-state index contributed by atoms with van der Waals surface area (Å²) in [6.45, 7) is 1.45. The van der Waals surface area contributed by atoms with Crippen molar-refractivity contribution in [2.75, 3.05) is 13.7 Å². The van der Waals surface area contributed by atoms with Gasteiger partial charge in [0.25, 0.3) is 5.91 Å². The molecule has 3 rings (SSSR count). The molecule has 0 saturated carbocycles. The van der Waals surface area contributed by atoms with Crippen molar-refractivity contribution in [2.45, 2.75) is 13.0 Å². The monoisotopic (exact) mass is 294 g/mol. The third-order valence-corrected chi connectivity index (χ3v) is 3.88. The highest BCUT2D eigenvalue weighted by atomic mass is 16.6. The third-order valence-electron chi connectivity index (χ3n) is 3.88. The number of amides is 1. The average molecular weight is 294 g/mol. The Morgan fingerprint density at radius 3 is 2.59 bits per heavy atom. The molecule has 0 atom stereocenters. The van der Waals surface area contributed by atoms with E-state index in [9.17, 15) is 4.79 Å². The molecule has 0 aromatic heterocycles. The second-order valence-corrected chi connectivity index (χ2v) is 5.28. The van der Waals surface area contributed by atoms with E-state index in [0.29, 0.717) is 12.1 Å². The zero-order chi connectivity index (χ0) is 15.4. The zero-order valence-electron chi connectivity index (χ0n) is 12.5. The van der Waals surface area contributed by atoms with Gasteiger partial charge in [0, 0.05) is 18.7 Å². The van der Waals surface area contributed by atoms with Crippen LogP contribution in [0.4, 0.5) is 0 Å². The van der Waals surface area contributed by atoms with Gasteiger partial charge >= 0.3 is 0 Å². The predicted octanol–water partition coefficient (Wildman–Crippen LogP) is 2.87. The average Bonchev–Trinajstić information content (AvgIpc) is 2.59. The predicted molar refractivity (Wildman–Crippen MR) is 85.9 cm³/mol. The van der Waals surface area contributed by atoms with Gasteiger partial charge in [-0.3, -0.25) is 4.79 Å². The Morgan fingerprint density at radius 1 is 1.14 bits per heavy atom. The Kier molecular flexibility index (Phi) is 4.19. The largest absolute Gasteiger partial charge is 0.399 e. The van der Waals surface area contributed by atoms with Crippen LogP contribution >= 0.6 is 0 Å². The molecule has 1 aliphatic heterocycles. The van der Waals surface area contributed by atoms with Crippen molar-refractivity contribution in [3.63, 3.8) is 0 Å². The molecule has 0 fully saturated rings. The minimum atomic E-state index is 0.0738. The lowest BCUT2D eigenvalue weighted by Gasteiger charge is -2.29. The van der Waals surface area contributed by atoms with Crippen molar-refractivity contribution in [3.8, 4) is 0 Å². The molecule has 1 heterocycles. The van der Waals surface area contributed by atoms with Crippen molar-refractivity contribution in [1.29, 1.82) is 0 Å². The maximum absolute atomic E-state index is 12.6. The number of hydrogen-bond acceptors (Lipinski definition) is 3. The molecule has 4 nitrogen and oxygen atoms in total. The number of oxime groups is 1. The molecule has 0 aliphatic carbocycles. The van der Waals surface area contributed by atoms with Crippen LogP contribution in [0, 0.1) is 0 Å². The molecule has 4 heteroatoms. The summed E-state index contributed by atoms with van der Waals surface area (Å²) in [7, 11) is 1.50. The number of hydrogen-bond donors (Lipinski definition) is 0. The minimum Gasteiger partial charge on any atom is -0.399 e. The van der Waals surface area contributed by atoms with Gasteiger partial charge in [-0.15, -0.1) is 0 Å². The van der Waals surface area contributed by atoms with Gasteiger partial charge in [-0.1, -0.05) is 41.6 Å². The fourth-order valence-electron chi connectivity index (χ4n) is 2.68. The molecule has 2 aromatic carbocycles. The molecular formula is C18H18N2O2. The van der Waals surface area contributed by atoms with Gasteiger partial charge < -0.3 is 9.74 Å². The molecular weight excluding hydrogens is 276 g/mol. The van der Waals surface area contributed by atoms with E-state index in [1.807, 2.05) is 35.2 Å². The van der Waals surface area contributed by atoms with Gasteiger partial charge in [0.2, 0.25) is 0 Å². The number of carbonyl (C=O) groups excluding carboxylic acids is 1. The summed E-state index contributed by atoms with van der Waals surface area (Å²) in [5.41, 5.74) is 4.19. The Labute approximate surface area is 130 Å². The molecule has 112 valence electrons. The highest BCUT2D eigenvalue weighted by molar-refractivity contribution is 5.95. The molecule has 0 unspecified atom stereocenters. The molecule has 22 heavy (non-hydrogen) atoms. The molecule has 0 N–H and O–H groups in total. The Bertz CT molecular complexity index is 692. The molecule has 2 aromatic rings. The summed E-state index contributed by atoms with van der Waals surface area (Å²) >= 11 is 0. The summed E-state index contributed by atoms with van der Waals surface area (Å²) < 4.78 is 0. The lowest BCUT2D eigenvalue weighted by Crippen LogP contribution is -2.35. The van der Waals surface area contributed by atoms with Gasteiger partial charge in [0.15, 0.2) is 0 Å². The topological polar surface area (TPSA) is 41.9 Å². The van der Waals surface area contributed by atoms with Crippen LogP contribution in [0.25, 0.3) is 0 Å². The van der Waals surface area contributed by atoms with E-state index >= 15 is 0 Å². The lowest BCUT2D eigenvalue weighted by molar-refractivity contribution is 0.0734. The summed E-state index contributed by atoms with van der Waals surface area (Å²) in [6.07, 6.45) is 2.53. The van der Waals surface area contributed by atoms with Crippen molar-refractivity contribution in [3.05, 3.63) is 70.8 Å². The van der Waals surface area contributed by atoms with Crippen LogP contribution in [0.1, 0.15) is 27.0 Å². The van der Waals surface area contributed by atoms with Gasteiger partial charge in [0.1, 0.15) is 7.11 Å². The van der Waals surface area contributed by atoms with Gasteiger partial charge in [0.05, 0.1) is 6.21 Å². The number of carbonyl (C=O) groups is 1. The van der Waals surface area contributed by atoms with E-state index in [0.717, 1.165) is 18.5 Å². The Morgan fingerprint density at radius 2 is 1.86 bits per heavy atom. The number of rotatable bonds is 3. The first-order valence-corrected chi connectivity index (χ1v) is 7.30. The van der Waals surface area contributed by atoms with Crippen LogP contribution in [0.2, 0.25) is 0 Å². The Balaban J connectivity index is 1.73. The maximum atomic E-state index is 12.6. The van der Waals surface area contributed by atoms with E-state index in [2.05, 4.69) is 28.2 Å². The molecule has 0 radical (unpaired) electrons. The normalized spacial score (nSPS) is 14.0. The summed E-state index contributed by atoms with van der Waals surface area (Å²) in [5.74, 6) is 0.0738. The summed E-state index contributed by atoms with van der Waals surface area (Å²) in [6, 6.07) is 15.7. The van der Waals surface area contributed by atoms with Crippen molar-refractivity contribution in [2.24, 2.45) is 5.16 Å². The van der Waals surface area contributed by atoms with Crippen molar-refractivity contribution < 1.29 is 9.63 Å². The van der Waals surface area contributed by atoms with Crippen LogP contribution in [0.5, 0.6) is 0 Å². The van der Waals surface area contributed by atoms with Crippen molar-refractivity contribution in [1.82, 2.24) is 4.90 Å². The fourth-order valence-corrected chi connectivity index (χ4v) is 2.68.